The first-order chi connectivity index (χ1) is 10.9. The van der Waals surface area contributed by atoms with E-state index in [-0.39, 0.29) is 11.8 Å². The maximum Gasteiger partial charge on any atom is 0.312 e. The van der Waals surface area contributed by atoms with E-state index >= 15 is 0 Å². The Kier molecular flexibility index (Phi) is 5.54. The van der Waals surface area contributed by atoms with Crippen LogP contribution in [0.2, 0.25) is 0 Å². The summed E-state index contributed by atoms with van der Waals surface area (Å²) in [5, 5.41) is 8.72. The van der Waals surface area contributed by atoms with E-state index in [1.165, 1.54) is 11.1 Å². The lowest BCUT2D eigenvalue weighted by molar-refractivity contribution is -0.124. The number of carbonyl (C=O) groups is 2. The summed E-state index contributed by atoms with van der Waals surface area (Å²) in [7, 11) is 0. The smallest absolute Gasteiger partial charge is 0.312 e. The number of aromatic nitrogens is 1. The van der Waals surface area contributed by atoms with Crippen LogP contribution in [0.15, 0.2) is 6.20 Å². The van der Waals surface area contributed by atoms with Crippen LogP contribution < -0.4 is 21.7 Å². The molecular formula is C16H25N5O2. The molecule has 0 fully saturated rings. The van der Waals surface area contributed by atoms with Crippen LogP contribution in [0.4, 0.5) is 4.79 Å². The van der Waals surface area contributed by atoms with Gasteiger partial charge in [-0.15, -0.1) is 0 Å². The van der Waals surface area contributed by atoms with Gasteiger partial charge in [-0.2, -0.15) is 0 Å². The highest BCUT2D eigenvalue weighted by Crippen LogP contribution is 2.20. The van der Waals surface area contributed by atoms with E-state index in [1.54, 1.807) is 0 Å². The second-order valence-corrected chi connectivity index (χ2v) is 6.20. The van der Waals surface area contributed by atoms with E-state index in [0.29, 0.717) is 6.54 Å². The van der Waals surface area contributed by atoms with E-state index in [2.05, 4.69) is 20.9 Å². The summed E-state index contributed by atoms with van der Waals surface area (Å²) in [5.41, 5.74) is 9.59. The zero-order chi connectivity index (χ0) is 17.0. The molecule has 2 rings (SSSR count). The number of primary amides is 1. The van der Waals surface area contributed by atoms with E-state index in [4.69, 9.17) is 5.73 Å². The molecule has 0 saturated carbocycles. The summed E-state index contributed by atoms with van der Waals surface area (Å²) in [6, 6.07) is -1.33. The quantitative estimate of drug-likeness (QED) is 0.627. The highest BCUT2D eigenvalue weighted by Gasteiger charge is 2.24. The van der Waals surface area contributed by atoms with Crippen molar-refractivity contribution in [1.82, 2.24) is 20.9 Å². The van der Waals surface area contributed by atoms with Gasteiger partial charge >= 0.3 is 6.03 Å². The molecule has 126 valence electrons. The monoisotopic (exact) mass is 319 g/mol. The first-order valence-electron chi connectivity index (χ1n) is 7.90. The third kappa shape index (κ3) is 4.19. The van der Waals surface area contributed by atoms with Gasteiger partial charge in [0.1, 0.15) is 6.04 Å². The van der Waals surface area contributed by atoms with Crippen molar-refractivity contribution in [2.45, 2.75) is 46.3 Å². The highest BCUT2D eigenvalue weighted by molar-refractivity contribution is 5.86. The van der Waals surface area contributed by atoms with Gasteiger partial charge in [0.15, 0.2) is 0 Å². The lowest BCUT2D eigenvalue weighted by Gasteiger charge is -2.24. The fourth-order valence-corrected chi connectivity index (χ4v) is 2.85. The molecule has 2 heterocycles. The molecule has 0 radical (unpaired) electrons. The maximum atomic E-state index is 12.4. The van der Waals surface area contributed by atoms with Gasteiger partial charge in [-0.3, -0.25) is 9.78 Å². The van der Waals surface area contributed by atoms with Gasteiger partial charge in [0.05, 0.1) is 0 Å². The van der Waals surface area contributed by atoms with Crippen molar-refractivity contribution in [3.8, 4) is 0 Å². The van der Waals surface area contributed by atoms with Crippen LogP contribution in [0.5, 0.6) is 0 Å². The first kappa shape index (κ1) is 17.2. The topological polar surface area (TPSA) is 109 Å². The summed E-state index contributed by atoms with van der Waals surface area (Å²) < 4.78 is 0. The molecule has 0 unspecified atom stereocenters. The molecule has 1 aromatic heterocycles. The number of hydrogen-bond acceptors (Lipinski definition) is 4. The number of hydrogen-bond donors (Lipinski definition) is 4. The van der Waals surface area contributed by atoms with Crippen molar-refractivity contribution in [3.63, 3.8) is 0 Å². The van der Waals surface area contributed by atoms with E-state index in [9.17, 15) is 9.59 Å². The van der Waals surface area contributed by atoms with Crippen LogP contribution in [-0.2, 0) is 24.3 Å². The van der Waals surface area contributed by atoms with E-state index in [1.807, 2.05) is 27.0 Å². The average Bonchev–Trinajstić information content (AvgIpc) is 2.51. The Labute approximate surface area is 136 Å². The number of aryl methyl sites for hydroxylation is 1. The fourth-order valence-electron chi connectivity index (χ4n) is 2.85. The first-order valence-corrected chi connectivity index (χ1v) is 7.90. The second-order valence-electron chi connectivity index (χ2n) is 6.20. The van der Waals surface area contributed by atoms with Crippen molar-refractivity contribution < 1.29 is 9.59 Å². The molecule has 1 atom stereocenters. The Bertz CT molecular complexity index is 600. The molecular weight excluding hydrogens is 294 g/mol. The molecule has 1 aromatic rings. The van der Waals surface area contributed by atoms with Crippen molar-refractivity contribution in [2.75, 3.05) is 6.54 Å². The molecule has 0 spiro atoms. The Morgan fingerprint density at radius 3 is 2.83 bits per heavy atom. The predicted octanol–water partition coefficient (Wildman–Crippen LogP) is 0.345. The minimum atomic E-state index is -0.695. The van der Waals surface area contributed by atoms with Crippen LogP contribution >= 0.6 is 0 Å². The Morgan fingerprint density at radius 1 is 1.43 bits per heavy atom. The average molecular weight is 319 g/mol. The molecule has 7 nitrogen and oxygen atoms in total. The fraction of sp³-hybridized carbons (Fsp3) is 0.562. The number of carbonyl (C=O) groups excluding carboxylic acids is 2. The van der Waals surface area contributed by atoms with Gasteiger partial charge in [-0.05, 0) is 42.5 Å². The second kappa shape index (κ2) is 7.41. The number of urea groups is 1. The molecule has 0 bridgehead atoms. The minimum absolute atomic E-state index is 0.0457. The highest BCUT2D eigenvalue weighted by atomic mass is 16.2. The molecule has 3 amide bonds. The van der Waals surface area contributed by atoms with Crippen LogP contribution in [0.3, 0.4) is 0 Å². The van der Waals surface area contributed by atoms with Crippen molar-refractivity contribution in [2.24, 2.45) is 11.7 Å². The molecule has 1 aliphatic heterocycles. The molecule has 7 heteroatoms. The molecule has 5 N–H and O–H groups in total. The Balaban J connectivity index is 2.11. The number of nitrogens with one attached hydrogen (secondary N) is 3. The molecule has 0 aliphatic carbocycles. The van der Waals surface area contributed by atoms with Gasteiger partial charge in [0.2, 0.25) is 5.91 Å². The summed E-state index contributed by atoms with van der Waals surface area (Å²) in [4.78, 5) is 27.8. The maximum absolute atomic E-state index is 12.4. The Morgan fingerprint density at radius 2 is 2.17 bits per heavy atom. The zero-order valence-corrected chi connectivity index (χ0v) is 13.9. The SMILES string of the molecule is Cc1ncc2c(c1CNC(=O)[C@H](NC(N)=O)C(C)C)CCNC2. The van der Waals surface area contributed by atoms with E-state index < -0.39 is 12.1 Å². The number of amides is 3. The van der Waals surface area contributed by atoms with Crippen LogP contribution in [0, 0.1) is 12.8 Å². The lowest BCUT2D eigenvalue weighted by Crippen LogP contribution is -2.51. The summed E-state index contributed by atoms with van der Waals surface area (Å²) in [6.45, 7) is 7.82. The van der Waals surface area contributed by atoms with Gasteiger partial charge in [-0.1, -0.05) is 13.8 Å². The number of pyridine rings is 1. The number of rotatable bonds is 5. The number of nitrogens with two attached hydrogens (primary N) is 1. The van der Waals surface area contributed by atoms with Gasteiger partial charge in [0.25, 0.3) is 0 Å². The van der Waals surface area contributed by atoms with Crippen LogP contribution in [0.25, 0.3) is 0 Å². The summed E-state index contributed by atoms with van der Waals surface area (Å²) >= 11 is 0. The van der Waals surface area contributed by atoms with E-state index in [0.717, 1.165) is 30.8 Å². The third-order valence-corrected chi connectivity index (χ3v) is 4.16. The van der Waals surface area contributed by atoms with Gasteiger partial charge in [-0.25, -0.2) is 4.79 Å². The standard InChI is InChI=1S/C16H25N5O2/c1-9(2)14(21-16(17)23)15(22)20-8-13-10(3)19-7-11-6-18-5-4-12(11)13/h7,9,14,18H,4-6,8H2,1-3H3,(H,20,22)(H3,17,21,23)/t14-/m1/s1. The number of fused-ring (bicyclic) bond motifs is 1. The summed E-state index contributed by atoms with van der Waals surface area (Å²) in [6.07, 6.45) is 2.82. The molecule has 0 saturated heterocycles. The molecule has 0 aromatic carbocycles. The minimum Gasteiger partial charge on any atom is -0.352 e. The molecule has 1 aliphatic rings. The predicted molar refractivity (Wildman–Crippen MR) is 87.6 cm³/mol. The van der Waals surface area contributed by atoms with Gasteiger partial charge < -0.3 is 21.7 Å². The van der Waals surface area contributed by atoms with Crippen LogP contribution in [-0.4, -0.2) is 29.5 Å². The van der Waals surface area contributed by atoms with Crippen molar-refractivity contribution >= 4 is 11.9 Å². The van der Waals surface area contributed by atoms with Crippen LogP contribution in [0.1, 0.15) is 36.2 Å². The largest absolute Gasteiger partial charge is 0.352 e. The third-order valence-electron chi connectivity index (χ3n) is 4.16. The molecule has 23 heavy (non-hydrogen) atoms. The van der Waals surface area contributed by atoms with Crippen molar-refractivity contribution in [1.29, 1.82) is 0 Å². The summed E-state index contributed by atoms with van der Waals surface area (Å²) in [5.74, 6) is -0.277. The van der Waals surface area contributed by atoms with Gasteiger partial charge in [0, 0.05) is 25.0 Å². The van der Waals surface area contributed by atoms with Crippen molar-refractivity contribution in [3.05, 3.63) is 28.6 Å². The zero-order valence-electron chi connectivity index (χ0n) is 13.9. The Hall–Kier alpha value is -2.15. The normalized spacial score (nSPS) is 15.0. The number of nitrogens with zero attached hydrogens (tertiary/aromatic N) is 1. The lowest BCUT2D eigenvalue weighted by atomic mass is 9.95.